The highest BCUT2D eigenvalue weighted by Crippen LogP contribution is 2.26. The second-order valence-electron chi connectivity index (χ2n) is 7.47. The molecule has 2 N–H and O–H groups in total. The van der Waals surface area contributed by atoms with Gasteiger partial charge in [0, 0.05) is 31.0 Å². The number of hydrogen-bond acceptors (Lipinski definition) is 4. The van der Waals surface area contributed by atoms with E-state index in [1.807, 2.05) is 23.1 Å². The fourth-order valence-electron chi connectivity index (χ4n) is 4.25. The van der Waals surface area contributed by atoms with Gasteiger partial charge in [0.15, 0.2) is 0 Å². The van der Waals surface area contributed by atoms with Crippen LogP contribution >= 0.6 is 0 Å². The van der Waals surface area contributed by atoms with Gasteiger partial charge in [-0.3, -0.25) is 15.5 Å². The van der Waals surface area contributed by atoms with Gasteiger partial charge in [-0.25, -0.2) is 0 Å². The third kappa shape index (κ3) is 4.48. The highest BCUT2D eigenvalue weighted by atomic mass is 15.4. The first-order valence-corrected chi connectivity index (χ1v) is 9.61. The fourth-order valence-corrected chi connectivity index (χ4v) is 4.25. The third-order valence-electron chi connectivity index (χ3n) is 5.74. The van der Waals surface area contributed by atoms with Crippen molar-refractivity contribution in [1.29, 1.82) is 0 Å². The first-order valence-electron chi connectivity index (χ1n) is 9.61. The van der Waals surface area contributed by atoms with Crippen molar-refractivity contribution >= 4 is 0 Å². The molecule has 2 aromatic rings. The van der Waals surface area contributed by atoms with Crippen molar-refractivity contribution in [2.75, 3.05) is 19.6 Å². The first-order chi connectivity index (χ1) is 12.4. The molecule has 2 aliphatic heterocycles. The molecule has 0 bridgehead atoms. The van der Waals surface area contributed by atoms with Crippen molar-refractivity contribution in [2.45, 2.75) is 44.3 Å². The van der Waals surface area contributed by atoms with E-state index in [9.17, 15) is 0 Å². The Balaban J connectivity index is 1.19. The van der Waals surface area contributed by atoms with Crippen molar-refractivity contribution in [3.8, 4) is 0 Å². The maximum absolute atomic E-state index is 4.29. The average Bonchev–Trinajstić information content (AvgIpc) is 3.33. The zero-order valence-corrected chi connectivity index (χ0v) is 14.8. The maximum Gasteiger partial charge on any atom is 0.0536 e. The van der Waals surface area contributed by atoms with E-state index in [0.29, 0.717) is 12.1 Å². The van der Waals surface area contributed by atoms with Gasteiger partial charge in [-0.1, -0.05) is 30.3 Å². The number of aromatic nitrogens is 2. The van der Waals surface area contributed by atoms with E-state index in [2.05, 4.69) is 51.2 Å². The fraction of sp³-hybridized carbons (Fsp3) is 0.550. The number of piperidine rings is 1. The lowest BCUT2D eigenvalue weighted by molar-refractivity contribution is 0.156. The molecule has 0 spiro atoms. The number of nitrogens with zero attached hydrogens (tertiary/aromatic N) is 3. The van der Waals surface area contributed by atoms with Crippen molar-refractivity contribution in [1.82, 2.24) is 25.5 Å². The summed E-state index contributed by atoms with van der Waals surface area (Å²) in [5, 5.41) is 4.29. The number of hydrazine groups is 1. The summed E-state index contributed by atoms with van der Waals surface area (Å²) < 4.78 is 2.03. The summed E-state index contributed by atoms with van der Waals surface area (Å²) in [4.78, 5) is 2.59. The summed E-state index contributed by atoms with van der Waals surface area (Å²) in [6.07, 6.45) is 8.87. The van der Waals surface area contributed by atoms with Gasteiger partial charge in [0.1, 0.15) is 0 Å². The SMILES string of the molecule is c1ccc(CC2CC(C3CCN(CCn4cccn4)CC3)NN2)cc1. The Hall–Kier alpha value is -1.69. The Bertz CT molecular complexity index is 619. The van der Waals surface area contributed by atoms with Gasteiger partial charge in [-0.15, -0.1) is 0 Å². The summed E-state index contributed by atoms with van der Waals surface area (Å²) >= 11 is 0. The standard InChI is InChI=1S/C20H29N5/c1-2-5-17(6-3-1)15-19-16-20(23-22-19)18-7-11-24(12-8-18)13-14-25-10-4-9-21-25/h1-6,9-10,18-20,22-23H,7-8,11-16H2. The molecule has 0 amide bonds. The van der Waals surface area contributed by atoms with Crippen LogP contribution in [0.4, 0.5) is 0 Å². The van der Waals surface area contributed by atoms with Crippen LogP contribution in [-0.4, -0.2) is 46.4 Å². The molecule has 5 heteroatoms. The Morgan fingerprint density at radius 1 is 1.00 bits per heavy atom. The molecule has 1 aromatic carbocycles. The number of benzene rings is 1. The van der Waals surface area contributed by atoms with Gasteiger partial charge in [0.25, 0.3) is 0 Å². The minimum atomic E-state index is 0.560. The summed E-state index contributed by atoms with van der Waals surface area (Å²) in [7, 11) is 0. The number of rotatable bonds is 6. The molecule has 0 aliphatic carbocycles. The van der Waals surface area contributed by atoms with Crippen LogP contribution in [0.15, 0.2) is 48.8 Å². The van der Waals surface area contributed by atoms with Crippen molar-refractivity contribution in [3.05, 3.63) is 54.4 Å². The van der Waals surface area contributed by atoms with Gasteiger partial charge in [-0.05, 0) is 56.3 Å². The van der Waals surface area contributed by atoms with E-state index < -0.39 is 0 Å². The normalized spacial score (nSPS) is 25.4. The van der Waals surface area contributed by atoms with Gasteiger partial charge in [0.2, 0.25) is 0 Å². The van der Waals surface area contributed by atoms with Crippen LogP contribution < -0.4 is 10.9 Å². The van der Waals surface area contributed by atoms with Gasteiger partial charge in [0.05, 0.1) is 6.54 Å². The predicted octanol–water partition coefficient (Wildman–Crippen LogP) is 2.07. The molecule has 0 radical (unpaired) electrons. The average molecular weight is 339 g/mol. The number of hydrogen-bond donors (Lipinski definition) is 2. The van der Waals surface area contributed by atoms with Crippen molar-refractivity contribution < 1.29 is 0 Å². The van der Waals surface area contributed by atoms with E-state index >= 15 is 0 Å². The summed E-state index contributed by atoms with van der Waals surface area (Å²) in [5.41, 5.74) is 8.54. The first kappa shape index (κ1) is 16.8. The zero-order chi connectivity index (χ0) is 16.9. The van der Waals surface area contributed by atoms with Crippen LogP contribution in [0.2, 0.25) is 0 Å². The molecule has 134 valence electrons. The number of nitrogens with one attached hydrogen (secondary N) is 2. The van der Waals surface area contributed by atoms with Crippen LogP contribution in [0.25, 0.3) is 0 Å². The van der Waals surface area contributed by atoms with Crippen molar-refractivity contribution in [2.24, 2.45) is 5.92 Å². The quantitative estimate of drug-likeness (QED) is 0.846. The lowest BCUT2D eigenvalue weighted by Crippen LogP contribution is -2.43. The molecule has 3 heterocycles. The Kier molecular flexibility index (Phi) is 5.45. The zero-order valence-electron chi connectivity index (χ0n) is 14.8. The molecule has 0 saturated carbocycles. The smallest absolute Gasteiger partial charge is 0.0536 e. The predicted molar refractivity (Wildman–Crippen MR) is 100 cm³/mol. The van der Waals surface area contributed by atoms with Gasteiger partial charge < -0.3 is 4.90 Å². The van der Waals surface area contributed by atoms with Crippen LogP contribution in [-0.2, 0) is 13.0 Å². The van der Waals surface area contributed by atoms with E-state index in [1.165, 1.54) is 37.9 Å². The molecule has 2 saturated heterocycles. The highest BCUT2D eigenvalue weighted by Gasteiger charge is 2.32. The van der Waals surface area contributed by atoms with Gasteiger partial charge in [-0.2, -0.15) is 5.10 Å². The van der Waals surface area contributed by atoms with E-state index in [0.717, 1.165) is 25.4 Å². The largest absolute Gasteiger partial charge is 0.301 e. The van der Waals surface area contributed by atoms with E-state index in [4.69, 9.17) is 0 Å². The lowest BCUT2D eigenvalue weighted by atomic mass is 9.86. The summed E-state index contributed by atoms with van der Waals surface area (Å²) in [5.74, 6) is 0.800. The highest BCUT2D eigenvalue weighted by molar-refractivity contribution is 5.16. The second-order valence-corrected chi connectivity index (χ2v) is 7.47. The molecule has 5 nitrogen and oxygen atoms in total. The summed E-state index contributed by atoms with van der Waals surface area (Å²) in [6, 6.07) is 14.0. The molecule has 2 atom stereocenters. The molecule has 2 unspecified atom stereocenters. The lowest BCUT2D eigenvalue weighted by Gasteiger charge is -2.34. The summed E-state index contributed by atoms with van der Waals surface area (Å²) in [6.45, 7) is 4.54. The number of likely N-dealkylation sites (tertiary alicyclic amines) is 1. The molecular formula is C20H29N5. The minimum absolute atomic E-state index is 0.560. The molecule has 25 heavy (non-hydrogen) atoms. The van der Waals surface area contributed by atoms with E-state index in [-0.39, 0.29) is 0 Å². The van der Waals surface area contributed by atoms with Crippen molar-refractivity contribution in [3.63, 3.8) is 0 Å². The van der Waals surface area contributed by atoms with E-state index in [1.54, 1.807) is 0 Å². The second kappa shape index (κ2) is 8.13. The third-order valence-corrected chi connectivity index (χ3v) is 5.74. The van der Waals surface area contributed by atoms with Crippen LogP contribution in [0.1, 0.15) is 24.8 Å². The van der Waals surface area contributed by atoms with Gasteiger partial charge >= 0.3 is 0 Å². The molecule has 4 rings (SSSR count). The Morgan fingerprint density at radius 3 is 2.60 bits per heavy atom. The van der Waals surface area contributed by atoms with Crippen LogP contribution in [0.5, 0.6) is 0 Å². The Morgan fingerprint density at radius 2 is 1.84 bits per heavy atom. The Labute approximate surface area is 150 Å². The monoisotopic (exact) mass is 339 g/mol. The minimum Gasteiger partial charge on any atom is -0.301 e. The molecule has 1 aromatic heterocycles. The van der Waals surface area contributed by atoms with Crippen LogP contribution in [0.3, 0.4) is 0 Å². The topological polar surface area (TPSA) is 45.1 Å². The molecule has 2 fully saturated rings. The maximum atomic E-state index is 4.29. The van der Waals surface area contributed by atoms with Crippen LogP contribution in [0, 0.1) is 5.92 Å². The molecular weight excluding hydrogens is 310 g/mol. The molecule has 2 aliphatic rings.